The zero-order valence-corrected chi connectivity index (χ0v) is 9.58. The molecule has 0 bridgehead atoms. The van der Waals surface area contributed by atoms with Crippen LogP contribution < -0.4 is 0 Å². The van der Waals surface area contributed by atoms with E-state index in [0.29, 0.717) is 11.0 Å². The Hall–Kier alpha value is -1.42. The molecule has 2 aromatic heterocycles. The van der Waals surface area contributed by atoms with E-state index in [-0.39, 0.29) is 0 Å². The highest BCUT2D eigenvalue weighted by Gasteiger charge is 2.10. The van der Waals surface area contributed by atoms with Gasteiger partial charge in [-0.3, -0.25) is 0 Å². The van der Waals surface area contributed by atoms with Crippen LogP contribution in [0.1, 0.15) is 11.3 Å². The summed E-state index contributed by atoms with van der Waals surface area (Å²) in [6.07, 6.45) is 3.56. The van der Waals surface area contributed by atoms with Gasteiger partial charge in [0.15, 0.2) is 11.6 Å². The Labute approximate surface area is 93.0 Å². The molecule has 0 fully saturated rings. The predicted molar refractivity (Wildman–Crippen MR) is 58.7 cm³/mol. The van der Waals surface area contributed by atoms with Gasteiger partial charge in [0.25, 0.3) is 0 Å². The zero-order chi connectivity index (χ0) is 11.0. The van der Waals surface area contributed by atoms with Crippen LogP contribution in [-0.4, -0.2) is 19.5 Å². The molecule has 0 aliphatic carbocycles. The molecule has 4 nitrogen and oxygen atoms in total. The fourth-order valence-corrected chi connectivity index (χ4v) is 1.49. The summed E-state index contributed by atoms with van der Waals surface area (Å²) in [4.78, 5) is 12.7. The van der Waals surface area contributed by atoms with Gasteiger partial charge in [-0.2, -0.15) is 0 Å². The lowest BCUT2D eigenvalue weighted by atomic mass is 10.3. The van der Waals surface area contributed by atoms with E-state index < -0.39 is 0 Å². The van der Waals surface area contributed by atoms with Gasteiger partial charge in [0.05, 0.1) is 0 Å². The largest absolute Gasteiger partial charge is 0.331 e. The molecule has 0 radical (unpaired) electrons. The number of aryl methyl sites for hydroxylation is 2. The predicted octanol–water partition coefficient (Wildman–Crippen LogP) is 2.15. The SMILES string of the molecule is Cc1nc(-c2nccn2C)nc(Cl)c1C. The first-order valence-corrected chi connectivity index (χ1v) is 4.96. The highest BCUT2D eigenvalue weighted by Crippen LogP contribution is 2.19. The summed E-state index contributed by atoms with van der Waals surface area (Å²) in [7, 11) is 1.90. The first-order chi connectivity index (χ1) is 7.09. The van der Waals surface area contributed by atoms with Crippen molar-refractivity contribution in [2.24, 2.45) is 7.05 Å². The quantitative estimate of drug-likeness (QED) is 0.695. The summed E-state index contributed by atoms with van der Waals surface area (Å²) in [5.74, 6) is 1.29. The molecule has 0 amide bonds. The minimum Gasteiger partial charge on any atom is -0.331 e. The van der Waals surface area contributed by atoms with E-state index in [9.17, 15) is 0 Å². The minimum atomic E-state index is 0.487. The molecule has 2 heterocycles. The number of halogens is 1. The van der Waals surface area contributed by atoms with Gasteiger partial charge >= 0.3 is 0 Å². The molecule has 0 saturated carbocycles. The van der Waals surface area contributed by atoms with E-state index in [0.717, 1.165) is 17.1 Å². The molecule has 0 unspecified atom stereocenters. The van der Waals surface area contributed by atoms with Gasteiger partial charge in [0.2, 0.25) is 0 Å². The monoisotopic (exact) mass is 222 g/mol. The summed E-state index contributed by atoms with van der Waals surface area (Å²) in [5, 5.41) is 0.487. The van der Waals surface area contributed by atoms with Crippen LogP contribution in [0.15, 0.2) is 12.4 Å². The van der Waals surface area contributed by atoms with Crippen molar-refractivity contribution in [1.82, 2.24) is 19.5 Å². The molecule has 0 atom stereocenters. The Morgan fingerprint density at radius 3 is 2.53 bits per heavy atom. The lowest BCUT2D eigenvalue weighted by molar-refractivity contribution is 0.900. The van der Waals surface area contributed by atoms with Crippen LogP contribution in [0.5, 0.6) is 0 Å². The van der Waals surface area contributed by atoms with Gasteiger partial charge in [-0.15, -0.1) is 0 Å². The number of nitrogens with zero attached hydrogens (tertiary/aromatic N) is 4. The van der Waals surface area contributed by atoms with Crippen LogP contribution in [0.4, 0.5) is 0 Å². The summed E-state index contributed by atoms with van der Waals surface area (Å²) < 4.78 is 1.86. The van der Waals surface area contributed by atoms with Gasteiger partial charge in [0, 0.05) is 30.7 Å². The molecule has 2 rings (SSSR count). The van der Waals surface area contributed by atoms with E-state index in [1.165, 1.54) is 0 Å². The minimum absolute atomic E-state index is 0.487. The molecule has 0 aliphatic heterocycles. The fourth-order valence-electron chi connectivity index (χ4n) is 1.27. The number of rotatable bonds is 1. The third kappa shape index (κ3) is 1.72. The first kappa shape index (κ1) is 10.1. The van der Waals surface area contributed by atoms with Crippen LogP contribution in [0.3, 0.4) is 0 Å². The highest BCUT2D eigenvalue weighted by atomic mass is 35.5. The topological polar surface area (TPSA) is 43.6 Å². The van der Waals surface area contributed by atoms with Crippen LogP contribution in [0.25, 0.3) is 11.6 Å². The van der Waals surface area contributed by atoms with Crippen LogP contribution in [0.2, 0.25) is 5.15 Å². The van der Waals surface area contributed by atoms with E-state index in [1.807, 2.05) is 31.7 Å². The molecule has 15 heavy (non-hydrogen) atoms. The molecular weight excluding hydrogens is 212 g/mol. The maximum atomic E-state index is 6.00. The third-order valence-corrected chi connectivity index (χ3v) is 2.72. The summed E-state index contributed by atoms with van der Waals surface area (Å²) in [6.45, 7) is 3.81. The van der Waals surface area contributed by atoms with Crippen LogP contribution >= 0.6 is 11.6 Å². The maximum absolute atomic E-state index is 6.00. The Morgan fingerprint density at radius 1 is 1.27 bits per heavy atom. The number of aromatic nitrogens is 4. The fraction of sp³-hybridized carbons (Fsp3) is 0.300. The van der Waals surface area contributed by atoms with Crippen molar-refractivity contribution in [1.29, 1.82) is 0 Å². The highest BCUT2D eigenvalue weighted by molar-refractivity contribution is 6.30. The Bertz CT molecular complexity index is 481. The van der Waals surface area contributed by atoms with E-state index in [2.05, 4.69) is 15.0 Å². The standard InChI is InChI=1S/C10H11ClN4/c1-6-7(2)13-9(14-8(6)11)10-12-4-5-15(10)3/h4-5H,1-3H3. The van der Waals surface area contributed by atoms with Crippen molar-refractivity contribution in [3.05, 3.63) is 28.8 Å². The first-order valence-electron chi connectivity index (χ1n) is 4.58. The van der Waals surface area contributed by atoms with Crippen molar-refractivity contribution in [3.63, 3.8) is 0 Å². The molecule has 5 heteroatoms. The average molecular weight is 223 g/mol. The van der Waals surface area contributed by atoms with Crippen molar-refractivity contribution < 1.29 is 0 Å². The van der Waals surface area contributed by atoms with E-state index in [1.54, 1.807) is 6.20 Å². The molecule has 0 saturated heterocycles. The van der Waals surface area contributed by atoms with Crippen molar-refractivity contribution >= 4 is 11.6 Å². The molecular formula is C10H11ClN4. The molecule has 78 valence electrons. The lowest BCUT2D eigenvalue weighted by Crippen LogP contribution is -2.00. The average Bonchev–Trinajstić information content (AvgIpc) is 2.60. The van der Waals surface area contributed by atoms with Crippen molar-refractivity contribution in [3.8, 4) is 11.6 Å². The third-order valence-electron chi connectivity index (χ3n) is 2.35. The normalized spacial score (nSPS) is 10.7. The Kier molecular flexibility index (Phi) is 2.44. The second-order valence-electron chi connectivity index (χ2n) is 3.41. The molecule has 0 N–H and O–H groups in total. The smallest absolute Gasteiger partial charge is 0.197 e. The Morgan fingerprint density at radius 2 is 2.00 bits per heavy atom. The van der Waals surface area contributed by atoms with Crippen LogP contribution in [-0.2, 0) is 7.05 Å². The van der Waals surface area contributed by atoms with Crippen molar-refractivity contribution in [2.75, 3.05) is 0 Å². The van der Waals surface area contributed by atoms with Gasteiger partial charge < -0.3 is 4.57 Å². The molecule has 2 aromatic rings. The summed E-state index contributed by atoms with van der Waals surface area (Å²) in [6, 6.07) is 0. The van der Waals surface area contributed by atoms with E-state index in [4.69, 9.17) is 11.6 Å². The van der Waals surface area contributed by atoms with Gasteiger partial charge in [0.1, 0.15) is 5.15 Å². The number of imidazole rings is 1. The second kappa shape index (κ2) is 3.62. The molecule has 0 aliphatic rings. The van der Waals surface area contributed by atoms with Crippen LogP contribution in [0, 0.1) is 13.8 Å². The zero-order valence-electron chi connectivity index (χ0n) is 8.82. The summed E-state index contributed by atoms with van der Waals surface area (Å²) >= 11 is 6.00. The van der Waals surface area contributed by atoms with E-state index >= 15 is 0 Å². The van der Waals surface area contributed by atoms with Gasteiger partial charge in [-0.25, -0.2) is 15.0 Å². The molecule has 0 spiro atoms. The molecule has 0 aromatic carbocycles. The Balaban J connectivity index is 2.60. The summed E-state index contributed by atoms with van der Waals surface area (Å²) in [5.41, 5.74) is 1.79. The maximum Gasteiger partial charge on any atom is 0.197 e. The number of hydrogen-bond donors (Lipinski definition) is 0. The van der Waals surface area contributed by atoms with Gasteiger partial charge in [-0.1, -0.05) is 11.6 Å². The number of hydrogen-bond acceptors (Lipinski definition) is 3. The van der Waals surface area contributed by atoms with Gasteiger partial charge in [-0.05, 0) is 13.8 Å². The van der Waals surface area contributed by atoms with Crippen molar-refractivity contribution in [2.45, 2.75) is 13.8 Å². The lowest BCUT2D eigenvalue weighted by Gasteiger charge is -2.05. The second-order valence-corrected chi connectivity index (χ2v) is 3.77.